The summed E-state index contributed by atoms with van der Waals surface area (Å²) in [5.41, 5.74) is 2.38. The molecule has 2 aromatic carbocycles. The molecule has 0 atom stereocenters. The van der Waals surface area contributed by atoms with Gasteiger partial charge in [-0.3, -0.25) is 4.79 Å². The first-order chi connectivity index (χ1) is 10.1. The van der Waals surface area contributed by atoms with E-state index in [-0.39, 0.29) is 5.78 Å². The molecule has 0 saturated carbocycles. The van der Waals surface area contributed by atoms with Crippen molar-refractivity contribution >= 4 is 17.4 Å². The molecule has 0 heterocycles. The average molecular weight is 305 g/mol. The lowest BCUT2D eigenvalue weighted by Crippen LogP contribution is -2.05. The predicted octanol–water partition coefficient (Wildman–Crippen LogP) is 4.23. The maximum Gasteiger partial charge on any atom is 0.161 e. The first kappa shape index (κ1) is 15.5. The monoisotopic (exact) mass is 304 g/mol. The Balaban J connectivity index is 2.33. The van der Waals surface area contributed by atoms with Gasteiger partial charge in [-0.25, -0.2) is 0 Å². The smallest absolute Gasteiger partial charge is 0.161 e. The molecule has 4 heteroatoms. The Morgan fingerprint density at radius 3 is 2.57 bits per heavy atom. The molecule has 0 aromatic heterocycles. The molecule has 0 bridgehead atoms. The van der Waals surface area contributed by atoms with Crippen LogP contribution in [0.25, 0.3) is 11.1 Å². The fourth-order valence-corrected chi connectivity index (χ4v) is 2.35. The lowest BCUT2D eigenvalue weighted by Gasteiger charge is -2.12. The van der Waals surface area contributed by atoms with Gasteiger partial charge in [-0.15, -0.1) is 0 Å². The Kier molecular flexibility index (Phi) is 5.37. The van der Waals surface area contributed by atoms with Crippen LogP contribution in [0.1, 0.15) is 17.3 Å². The summed E-state index contributed by atoms with van der Waals surface area (Å²) in [6.07, 6.45) is 0. The molecular weight excluding hydrogens is 288 g/mol. The second kappa shape index (κ2) is 7.25. The number of rotatable bonds is 6. The zero-order valence-electron chi connectivity index (χ0n) is 12.1. The Morgan fingerprint density at radius 1 is 1.14 bits per heavy atom. The minimum Gasteiger partial charge on any atom is -0.491 e. The number of para-hydroxylation sites is 1. The third-order valence-corrected chi connectivity index (χ3v) is 3.40. The summed E-state index contributed by atoms with van der Waals surface area (Å²) in [5.74, 6) is 0.720. The highest BCUT2D eigenvalue weighted by Gasteiger charge is 2.10. The van der Waals surface area contributed by atoms with Crippen molar-refractivity contribution < 1.29 is 14.3 Å². The van der Waals surface area contributed by atoms with E-state index in [1.807, 2.05) is 30.3 Å². The van der Waals surface area contributed by atoms with Gasteiger partial charge < -0.3 is 9.47 Å². The third kappa shape index (κ3) is 3.84. The highest BCUT2D eigenvalue weighted by molar-refractivity contribution is 6.34. The van der Waals surface area contributed by atoms with Crippen LogP contribution in [-0.2, 0) is 4.74 Å². The van der Waals surface area contributed by atoms with Crippen molar-refractivity contribution in [1.29, 1.82) is 0 Å². The lowest BCUT2D eigenvalue weighted by atomic mass is 10.0. The summed E-state index contributed by atoms with van der Waals surface area (Å²) >= 11 is 6.17. The van der Waals surface area contributed by atoms with Gasteiger partial charge in [0.05, 0.1) is 11.6 Å². The van der Waals surface area contributed by atoms with Crippen molar-refractivity contribution in [3.05, 3.63) is 53.1 Å². The molecule has 2 aromatic rings. The summed E-state index contributed by atoms with van der Waals surface area (Å²) in [7, 11) is 1.63. The number of carbonyl (C=O) groups is 1. The van der Waals surface area contributed by atoms with Gasteiger partial charge in [0, 0.05) is 18.2 Å². The number of halogens is 1. The molecular formula is C17H17ClO3. The third-order valence-electron chi connectivity index (χ3n) is 3.09. The standard InChI is InChI=1S/C17H17ClO3/c1-12(19)14-8-7-13(11-16(14)18)15-5-3-4-6-17(15)21-10-9-20-2/h3-8,11H,9-10H2,1-2H3. The number of Topliss-reactive ketones (excluding diaryl/α,β-unsaturated/α-hetero) is 1. The Hall–Kier alpha value is -1.84. The van der Waals surface area contributed by atoms with Crippen LogP contribution in [0.15, 0.2) is 42.5 Å². The molecule has 0 fully saturated rings. The van der Waals surface area contributed by atoms with Gasteiger partial charge in [0.15, 0.2) is 5.78 Å². The lowest BCUT2D eigenvalue weighted by molar-refractivity contribution is 0.101. The fraction of sp³-hybridized carbons (Fsp3) is 0.235. The van der Waals surface area contributed by atoms with Crippen molar-refractivity contribution in [2.75, 3.05) is 20.3 Å². The number of hydrogen-bond acceptors (Lipinski definition) is 3. The van der Waals surface area contributed by atoms with Crippen LogP contribution < -0.4 is 4.74 Å². The second-order valence-corrected chi connectivity index (χ2v) is 5.00. The molecule has 0 amide bonds. The maximum atomic E-state index is 11.4. The molecule has 0 aliphatic carbocycles. The summed E-state index contributed by atoms with van der Waals surface area (Å²) in [6.45, 7) is 2.51. The van der Waals surface area contributed by atoms with Gasteiger partial charge in [0.2, 0.25) is 0 Å². The molecule has 0 N–H and O–H groups in total. The molecule has 0 saturated heterocycles. The van der Waals surface area contributed by atoms with Gasteiger partial charge >= 0.3 is 0 Å². The van der Waals surface area contributed by atoms with Gasteiger partial charge in [0.25, 0.3) is 0 Å². The summed E-state index contributed by atoms with van der Waals surface area (Å²) in [6, 6.07) is 13.1. The van der Waals surface area contributed by atoms with E-state index >= 15 is 0 Å². The summed E-state index contributed by atoms with van der Waals surface area (Å²) in [4.78, 5) is 11.4. The topological polar surface area (TPSA) is 35.5 Å². The van der Waals surface area contributed by atoms with Crippen molar-refractivity contribution in [1.82, 2.24) is 0 Å². The Bertz CT molecular complexity index is 638. The molecule has 0 unspecified atom stereocenters. The van der Waals surface area contributed by atoms with E-state index < -0.39 is 0 Å². The van der Waals surface area contributed by atoms with E-state index in [2.05, 4.69) is 0 Å². The van der Waals surface area contributed by atoms with E-state index in [1.165, 1.54) is 6.92 Å². The van der Waals surface area contributed by atoms with Gasteiger partial charge in [0.1, 0.15) is 12.4 Å². The van der Waals surface area contributed by atoms with Crippen LogP contribution in [-0.4, -0.2) is 26.1 Å². The largest absolute Gasteiger partial charge is 0.491 e. The maximum absolute atomic E-state index is 11.4. The number of carbonyl (C=O) groups excluding carboxylic acids is 1. The van der Waals surface area contributed by atoms with Crippen LogP contribution >= 0.6 is 11.6 Å². The molecule has 0 aliphatic heterocycles. The molecule has 21 heavy (non-hydrogen) atoms. The summed E-state index contributed by atoms with van der Waals surface area (Å²) < 4.78 is 10.7. The minimum atomic E-state index is -0.0452. The number of hydrogen-bond donors (Lipinski definition) is 0. The molecule has 0 radical (unpaired) electrons. The molecule has 0 aliphatic rings. The van der Waals surface area contributed by atoms with Crippen molar-refractivity contribution in [3.63, 3.8) is 0 Å². The average Bonchev–Trinajstić information content (AvgIpc) is 2.47. The number of ether oxygens (including phenoxy) is 2. The first-order valence-corrected chi connectivity index (χ1v) is 7.03. The number of methoxy groups -OCH3 is 1. The first-order valence-electron chi connectivity index (χ1n) is 6.65. The van der Waals surface area contributed by atoms with Gasteiger partial charge in [-0.05, 0) is 30.7 Å². The van der Waals surface area contributed by atoms with Crippen LogP contribution in [0.5, 0.6) is 5.75 Å². The van der Waals surface area contributed by atoms with Crippen LogP contribution in [0.2, 0.25) is 5.02 Å². The van der Waals surface area contributed by atoms with Crippen molar-refractivity contribution in [2.45, 2.75) is 6.92 Å². The normalized spacial score (nSPS) is 10.4. The van der Waals surface area contributed by atoms with E-state index in [1.54, 1.807) is 19.2 Å². The molecule has 0 spiro atoms. The zero-order chi connectivity index (χ0) is 15.2. The van der Waals surface area contributed by atoms with E-state index in [0.29, 0.717) is 23.8 Å². The van der Waals surface area contributed by atoms with Gasteiger partial charge in [-0.2, -0.15) is 0 Å². The molecule has 110 valence electrons. The van der Waals surface area contributed by atoms with E-state index in [9.17, 15) is 4.79 Å². The Labute approximate surface area is 129 Å². The number of benzene rings is 2. The van der Waals surface area contributed by atoms with Crippen molar-refractivity contribution in [3.8, 4) is 16.9 Å². The van der Waals surface area contributed by atoms with Crippen LogP contribution in [0, 0.1) is 0 Å². The Morgan fingerprint density at radius 2 is 1.90 bits per heavy atom. The molecule has 3 nitrogen and oxygen atoms in total. The van der Waals surface area contributed by atoms with Crippen LogP contribution in [0.4, 0.5) is 0 Å². The van der Waals surface area contributed by atoms with Crippen molar-refractivity contribution in [2.24, 2.45) is 0 Å². The minimum absolute atomic E-state index is 0.0452. The second-order valence-electron chi connectivity index (χ2n) is 4.59. The van der Waals surface area contributed by atoms with E-state index in [0.717, 1.165) is 16.9 Å². The SMILES string of the molecule is COCCOc1ccccc1-c1ccc(C(C)=O)c(Cl)c1. The van der Waals surface area contributed by atoms with Gasteiger partial charge in [-0.1, -0.05) is 35.9 Å². The molecule has 2 rings (SSSR count). The quantitative estimate of drug-likeness (QED) is 0.591. The highest BCUT2D eigenvalue weighted by Crippen LogP contribution is 2.32. The highest BCUT2D eigenvalue weighted by atomic mass is 35.5. The predicted molar refractivity (Wildman–Crippen MR) is 84.3 cm³/mol. The van der Waals surface area contributed by atoms with E-state index in [4.69, 9.17) is 21.1 Å². The summed E-state index contributed by atoms with van der Waals surface area (Å²) in [5, 5.41) is 0.451. The van der Waals surface area contributed by atoms with Crippen LogP contribution in [0.3, 0.4) is 0 Å². The zero-order valence-corrected chi connectivity index (χ0v) is 12.8. The number of ketones is 1. The fourth-order valence-electron chi connectivity index (χ4n) is 2.03.